The lowest BCUT2D eigenvalue weighted by atomic mass is 10.1. The van der Waals surface area contributed by atoms with E-state index in [1.807, 2.05) is 41.8 Å². The first-order chi connectivity index (χ1) is 12.5. The molecule has 0 N–H and O–H groups in total. The van der Waals surface area contributed by atoms with Crippen LogP contribution in [-0.2, 0) is 16.3 Å². The van der Waals surface area contributed by atoms with E-state index in [-0.39, 0.29) is 0 Å². The molecule has 4 rings (SSSR count). The van der Waals surface area contributed by atoms with E-state index >= 15 is 0 Å². The molecule has 0 spiro atoms. The van der Waals surface area contributed by atoms with Gasteiger partial charge < -0.3 is 0 Å². The van der Waals surface area contributed by atoms with Gasteiger partial charge in [-0.3, -0.25) is 0 Å². The van der Waals surface area contributed by atoms with E-state index in [4.69, 9.17) is 0 Å². The van der Waals surface area contributed by atoms with Crippen LogP contribution in [0.5, 0.6) is 0 Å². The third-order valence-corrected chi connectivity index (χ3v) is 6.36. The minimum Gasteiger partial charge on any atom is -0.224 e. The maximum atomic E-state index is 11.7. The van der Waals surface area contributed by atoms with Crippen LogP contribution in [0.2, 0.25) is 0 Å². The molecule has 132 valence electrons. The van der Waals surface area contributed by atoms with Crippen LogP contribution < -0.4 is 0 Å². The molecule has 2 heterocycles. The van der Waals surface area contributed by atoms with Gasteiger partial charge in [-0.05, 0) is 17.7 Å². The SMILES string of the molecule is CCc1nc2sc(-c3ccccc3)c(-c3ccc(S(C)(=O)=O)cc3)n2n1. The molecule has 0 aliphatic rings. The van der Waals surface area contributed by atoms with Crippen LogP contribution in [0.25, 0.3) is 26.7 Å². The maximum Gasteiger partial charge on any atom is 0.213 e. The molecule has 7 heteroatoms. The molecular weight excluding hydrogens is 366 g/mol. The lowest BCUT2D eigenvalue weighted by molar-refractivity contribution is 0.602. The average Bonchev–Trinajstić information content (AvgIpc) is 3.19. The Hall–Kier alpha value is -2.51. The fraction of sp³-hybridized carbons (Fsp3) is 0.158. The highest BCUT2D eigenvalue weighted by atomic mass is 32.2. The minimum absolute atomic E-state index is 0.307. The first-order valence-corrected chi connectivity index (χ1v) is 10.9. The van der Waals surface area contributed by atoms with Crippen molar-refractivity contribution in [2.24, 2.45) is 0 Å². The fourth-order valence-corrected chi connectivity index (χ4v) is 4.57. The molecule has 26 heavy (non-hydrogen) atoms. The van der Waals surface area contributed by atoms with Crippen molar-refractivity contribution in [3.8, 4) is 21.7 Å². The van der Waals surface area contributed by atoms with Gasteiger partial charge >= 0.3 is 0 Å². The molecule has 0 aliphatic carbocycles. The molecule has 0 saturated heterocycles. The highest BCUT2D eigenvalue weighted by Gasteiger charge is 2.19. The van der Waals surface area contributed by atoms with Gasteiger partial charge in [0.2, 0.25) is 4.96 Å². The van der Waals surface area contributed by atoms with Crippen LogP contribution >= 0.6 is 11.3 Å². The molecule has 0 saturated carbocycles. The summed E-state index contributed by atoms with van der Waals surface area (Å²) >= 11 is 1.59. The van der Waals surface area contributed by atoms with Gasteiger partial charge in [0.25, 0.3) is 0 Å². The Bertz CT molecular complexity index is 1170. The molecule has 0 fully saturated rings. The van der Waals surface area contributed by atoms with Crippen LogP contribution in [0.1, 0.15) is 12.7 Å². The summed E-state index contributed by atoms with van der Waals surface area (Å²) in [7, 11) is -3.23. The van der Waals surface area contributed by atoms with Gasteiger partial charge in [0.15, 0.2) is 15.7 Å². The number of benzene rings is 2. The molecule has 0 aliphatic heterocycles. The number of rotatable bonds is 4. The van der Waals surface area contributed by atoms with Crippen LogP contribution in [0, 0.1) is 0 Å². The first-order valence-electron chi connectivity index (χ1n) is 8.21. The predicted octanol–water partition coefficient (Wildman–Crippen LogP) is 4.09. The standard InChI is InChI=1S/C19H17N3O2S2/c1-3-16-20-19-22(21-16)17(18(25-19)14-7-5-4-6-8-14)13-9-11-15(12-10-13)26(2,23)24/h4-12H,3H2,1-2H3. The average molecular weight is 383 g/mol. The van der Waals surface area contributed by atoms with Crippen LogP contribution in [0.4, 0.5) is 0 Å². The van der Waals surface area contributed by atoms with Gasteiger partial charge in [0.1, 0.15) is 0 Å². The van der Waals surface area contributed by atoms with Gasteiger partial charge in [0, 0.05) is 18.2 Å². The molecule has 0 bridgehead atoms. The van der Waals surface area contributed by atoms with Crippen molar-refractivity contribution in [3.05, 3.63) is 60.4 Å². The number of aryl methyl sites for hydroxylation is 1. The molecule has 0 radical (unpaired) electrons. The number of hydrogen-bond donors (Lipinski definition) is 0. The Morgan fingerprint density at radius 3 is 2.31 bits per heavy atom. The van der Waals surface area contributed by atoms with E-state index in [0.717, 1.165) is 38.9 Å². The number of sulfone groups is 1. The molecule has 0 unspecified atom stereocenters. The number of thiazole rings is 1. The number of hydrogen-bond acceptors (Lipinski definition) is 5. The van der Waals surface area contributed by atoms with Gasteiger partial charge in [0.05, 0.1) is 15.5 Å². The zero-order chi connectivity index (χ0) is 18.3. The number of aromatic nitrogens is 3. The van der Waals surface area contributed by atoms with Crippen LogP contribution in [-0.4, -0.2) is 29.3 Å². The lowest BCUT2D eigenvalue weighted by Crippen LogP contribution is -1.97. The molecule has 2 aromatic heterocycles. The topological polar surface area (TPSA) is 64.3 Å². The molecule has 0 atom stereocenters. The van der Waals surface area contributed by atoms with E-state index in [2.05, 4.69) is 22.2 Å². The highest BCUT2D eigenvalue weighted by Crippen LogP contribution is 2.39. The summed E-state index contributed by atoms with van der Waals surface area (Å²) in [6.45, 7) is 2.03. The maximum absolute atomic E-state index is 11.7. The number of nitrogens with zero attached hydrogens (tertiary/aromatic N) is 3. The Morgan fingerprint density at radius 1 is 1.00 bits per heavy atom. The molecular formula is C19H17N3O2S2. The second-order valence-electron chi connectivity index (χ2n) is 6.02. The summed E-state index contributed by atoms with van der Waals surface area (Å²) in [6.07, 6.45) is 1.98. The summed E-state index contributed by atoms with van der Waals surface area (Å²) in [5.74, 6) is 0.796. The van der Waals surface area contributed by atoms with E-state index in [1.165, 1.54) is 6.26 Å². The summed E-state index contributed by atoms with van der Waals surface area (Å²) in [6, 6.07) is 17.0. The summed E-state index contributed by atoms with van der Waals surface area (Å²) < 4.78 is 25.4. The van der Waals surface area contributed by atoms with Crippen molar-refractivity contribution < 1.29 is 8.42 Å². The quantitative estimate of drug-likeness (QED) is 0.532. The third kappa shape index (κ3) is 2.93. The smallest absolute Gasteiger partial charge is 0.213 e. The first kappa shape index (κ1) is 16.9. The third-order valence-electron chi connectivity index (χ3n) is 4.15. The summed E-state index contributed by atoms with van der Waals surface area (Å²) in [5.41, 5.74) is 2.93. The summed E-state index contributed by atoms with van der Waals surface area (Å²) in [5, 5.41) is 4.62. The molecule has 4 aromatic rings. The van der Waals surface area contributed by atoms with Crippen molar-refractivity contribution in [2.75, 3.05) is 6.26 Å². The van der Waals surface area contributed by atoms with Crippen molar-refractivity contribution in [2.45, 2.75) is 18.2 Å². The van der Waals surface area contributed by atoms with Crippen molar-refractivity contribution in [1.82, 2.24) is 14.6 Å². The monoisotopic (exact) mass is 383 g/mol. The van der Waals surface area contributed by atoms with Crippen molar-refractivity contribution in [1.29, 1.82) is 0 Å². The second kappa shape index (κ2) is 6.34. The minimum atomic E-state index is -3.23. The lowest BCUT2D eigenvalue weighted by Gasteiger charge is -2.06. The Balaban J connectivity index is 1.95. The van der Waals surface area contributed by atoms with E-state index < -0.39 is 9.84 Å². The zero-order valence-electron chi connectivity index (χ0n) is 14.4. The Kier molecular flexibility index (Phi) is 4.13. The fourth-order valence-electron chi connectivity index (χ4n) is 2.83. The van der Waals surface area contributed by atoms with E-state index in [0.29, 0.717) is 4.90 Å². The van der Waals surface area contributed by atoms with E-state index in [9.17, 15) is 8.42 Å². The number of fused-ring (bicyclic) bond motifs is 1. The van der Waals surface area contributed by atoms with E-state index in [1.54, 1.807) is 23.5 Å². The zero-order valence-corrected chi connectivity index (χ0v) is 16.0. The van der Waals surface area contributed by atoms with Gasteiger partial charge in [-0.1, -0.05) is 60.7 Å². The van der Waals surface area contributed by atoms with Gasteiger partial charge in [-0.15, -0.1) is 5.10 Å². The van der Waals surface area contributed by atoms with Gasteiger partial charge in [-0.25, -0.2) is 17.9 Å². The second-order valence-corrected chi connectivity index (χ2v) is 9.01. The Labute approximate surface area is 155 Å². The molecule has 2 aromatic carbocycles. The normalized spacial score (nSPS) is 11.9. The summed E-state index contributed by atoms with van der Waals surface area (Å²) in [4.78, 5) is 6.80. The van der Waals surface area contributed by atoms with Crippen molar-refractivity contribution in [3.63, 3.8) is 0 Å². The van der Waals surface area contributed by atoms with Crippen LogP contribution in [0.3, 0.4) is 0 Å². The Morgan fingerprint density at radius 2 is 1.69 bits per heavy atom. The van der Waals surface area contributed by atoms with Crippen molar-refractivity contribution >= 4 is 26.1 Å². The highest BCUT2D eigenvalue weighted by molar-refractivity contribution is 7.90. The van der Waals surface area contributed by atoms with Crippen LogP contribution in [0.15, 0.2) is 59.5 Å². The predicted molar refractivity (Wildman–Crippen MR) is 104 cm³/mol. The molecule has 5 nitrogen and oxygen atoms in total. The molecule has 0 amide bonds. The largest absolute Gasteiger partial charge is 0.224 e. The van der Waals surface area contributed by atoms with Gasteiger partial charge in [-0.2, -0.15) is 0 Å².